The van der Waals surface area contributed by atoms with Gasteiger partial charge in [-0.2, -0.15) is 19.8 Å². The standard InChI is InChI=1S/C21H24N4O6S4/c1-34(28,29)22-8-13-11-33-20-18(13)35(30,31)24-19(23-20)16-17(26)14-4-2-3-5-15(14)25(21(16)27)9-12-6-7-32-10-12/h6-7,10-11,14-15,22,26H,2-5,8-9H2,1H3,(H,23,24). The molecule has 2 unspecified atom stereocenters. The number of nitrogens with zero attached hydrogens (tertiary/aromatic N) is 2. The topological polar surface area (TPSA) is 145 Å². The first kappa shape index (κ1) is 24.4. The Balaban J connectivity index is 1.53. The lowest BCUT2D eigenvalue weighted by Gasteiger charge is -2.44. The monoisotopic (exact) mass is 556 g/mol. The average Bonchev–Trinajstić information content (AvgIpc) is 3.45. The zero-order chi connectivity index (χ0) is 25.0. The summed E-state index contributed by atoms with van der Waals surface area (Å²) in [7, 11) is -7.78. The molecule has 1 aliphatic carbocycles. The van der Waals surface area contributed by atoms with Gasteiger partial charge in [0.25, 0.3) is 15.9 Å². The van der Waals surface area contributed by atoms with Crippen LogP contribution in [-0.4, -0.2) is 50.9 Å². The SMILES string of the molecule is CS(=O)(=O)NCc1csc2c1S(=O)(=O)N=C(C1=C(O)C3CCCCC3N(Cc3ccsc3)C1=O)N2. The van der Waals surface area contributed by atoms with Gasteiger partial charge in [0.05, 0.1) is 6.26 Å². The lowest BCUT2D eigenvalue weighted by molar-refractivity contribution is -0.133. The number of hydrogen-bond donors (Lipinski definition) is 3. The minimum atomic E-state index is -4.25. The first-order chi connectivity index (χ1) is 16.5. The fourth-order valence-electron chi connectivity index (χ4n) is 4.87. The molecule has 14 heteroatoms. The molecule has 4 heterocycles. The summed E-state index contributed by atoms with van der Waals surface area (Å²) in [4.78, 5) is 15.3. The molecule has 3 N–H and O–H groups in total. The third-order valence-corrected chi connectivity index (χ3v) is 10.3. The van der Waals surface area contributed by atoms with Gasteiger partial charge in [-0.05, 0) is 40.6 Å². The molecule has 0 saturated heterocycles. The van der Waals surface area contributed by atoms with Crippen LogP contribution >= 0.6 is 22.7 Å². The van der Waals surface area contributed by atoms with E-state index in [2.05, 4.69) is 14.4 Å². The summed E-state index contributed by atoms with van der Waals surface area (Å²) in [5.41, 5.74) is 1.11. The number of carbonyl (C=O) groups is 1. The van der Waals surface area contributed by atoms with Crippen LogP contribution in [0.2, 0.25) is 0 Å². The first-order valence-electron chi connectivity index (χ1n) is 11.0. The summed E-state index contributed by atoms with van der Waals surface area (Å²) in [6, 6.07) is 1.78. The van der Waals surface area contributed by atoms with Gasteiger partial charge in [-0.3, -0.25) is 4.79 Å². The summed E-state index contributed by atoms with van der Waals surface area (Å²) in [5.74, 6) is -1.08. The van der Waals surface area contributed by atoms with E-state index in [1.54, 1.807) is 4.90 Å². The predicted molar refractivity (Wildman–Crippen MR) is 135 cm³/mol. The Morgan fingerprint density at radius 1 is 1.29 bits per heavy atom. The maximum atomic E-state index is 13.7. The molecule has 5 rings (SSSR count). The van der Waals surface area contributed by atoms with Crippen LogP contribution in [0, 0.1) is 5.92 Å². The van der Waals surface area contributed by atoms with Crippen molar-refractivity contribution >= 4 is 59.5 Å². The Morgan fingerprint density at radius 3 is 2.77 bits per heavy atom. The largest absolute Gasteiger partial charge is 0.511 e. The van der Waals surface area contributed by atoms with Crippen molar-refractivity contribution in [2.75, 3.05) is 11.6 Å². The number of aliphatic hydroxyl groups excluding tert-OH is 1. The highest BCUT2D eigenvalue weighted by Crippen LogP contribution is 2.42. The second-order valence-corrected chi connectivity index (χ2v) is 13.9. The number of nitrogens with one attached hydrogen (secondary N) is 2. The number of sulfonamides is 2. The Bertz CT molecular complexity index is 1440. The molecular weight excluding hydrogens is 533 g/mol. The van der Waals surface area contributed by atoms with Crippen LogP contribution in [0.1, 0.15) is 36.8 Å². The lowest BCUT2D eigenvalue weighted by Crippen LogP contribution is -2.52. The molecule has 1 fully saturated rings. The molecule has 1 saturated carbocycles. The summed E-state index contributed by atoms with van der Waals surface area (Å²) < 4.78 is 55.4. The third-order valence-electron chi connectivity index (χ3n) is 6.42. The van der Waals surface area contributed by atoms with E-state index in [-0.39, 0.29) is 51.1 Å². The molecule has 1 amide bonds. The zero-order valence-electron chi connectivity index (χ0n) is 18.7. The molecule has 35 heavy (non-hydrogen) atoms. The van der Waals surface area contributed by atoms with Crippen LogP contribution in [0.5, 0.6) is 0 Å². The van der Waals surface area contributed by atoms with E-state index in [0.29, 0.717) is 13.0 Å². The average molecular weight is 557 g/mol. The quantitative estimate of drug-likeness (QED) is 0.496. The molecule has 2 aromatic heterocycles. The third kappa shape index (κ3) is 4.65. The minimum absolute atomic E-state index is 0.123. The van der Waals surface area contributed by atoms with Crippen LogP contribution in [0.25, 0.3) is 0 Å². The van der Waals surface area contributed by atoms with Crippen LogP contribution in [0.15, 0.2) is 42.8 Å². The smallest absolute Gasteiger partial charge is 0.287 e. The van der Waals surface area contributed by atoms with Gasteiger partial charge in [0.1, 0.15) is 21.2 Å². The number of rotatable bonds is 6. The van der Waals surface area contributed by atoms with Crippen molar-refractivity contribution in [2.45, 2.75) is 49.7 Å². The van der Waals surface area contributed by atoms with Gasteiger partial charge in [0.2, 0.25) is 10.0 Å². The molecule has 0 bridgehead atoms. The number of thiophene rings is 2. The van der Waals surface area contributed by atoms with E-state index in [4.69, 9.17) is 0 Å². The molecule has 3 aliphatic rings. The molecule has 0 aromatic carbocycles. The second-order valence-electron chi connectivity index (χ2n) is 8.84. The number of fused-ring (bicyclic) bond motifs is 2. The van der Waals surface area contributed by atoms with Gasteiger partial charge in [-0.15, -0.1) is 15.7 Å². The van der Waals surface area contributed by atoms with Gasteiger partial charge < -0.3 is 15.3 Å². The Kier molecular flexibility index (Phi) is 6.28. The molecule has 2 aliphatic heterocycles. The van der Waals surface area contributed by atoms with Gasteiger partial charge in [0.15, 0.2) is 5.84 Å². The maximum Gasteiger partial charge on any atom is 0.287 e. The fourth-order valence-corrected chi connectivity index (χ4v) is 8.55. The second kappa shape index (κ2) is 9.00. The Hall–Kier alpha value is -2.26. The summed E-state index contributed by atoms with van der Waals surface area (Å²) in [6.45, 7) is 0.160. The fraction of sp³-hybridized carbons (Fsp3) is 0.429. The number of amidine groups is 1. The number of anilines is 1. The molecule has 2 atom stereocenters. The predicted octanol–water partition coefficient (Wildman–Crippen LogP) is 2.78. The van der Waals surface area contributed by atoms with E-state index >= 15 is 0 Å². The van der Waals surface area contributed by atoms with Gasteiger partial charge in [0, 0.05) is 30.6 Å². The van der Waals surface area contributed by atoms with Crippen molar-refractivity contribution in [3.63, 3.8) is 0 Å². The molecule has 0 radical (unpaired) electrons. The van der Waals surface area contributed by atoms with Crippen molar-refractivity contribution in [3.05, 3.63) is 44.7 Å². The maximum absolute atomic E-state index is 13.7. The number of aliphatic hydroxyl groups is 1. The number of carbonyl (C=O) groups excluding carboxylic acids is 1. The highest BCUT2D eigenvalue weighted by molar-refractivity contribution is 7.91. The van der Waals surface area contributed by atoms with Crippen LogP contribution in [0.3, 0.4) is 0 Å². The van der Waals surface area contributed by atoms with Crippen molar-refractivity contribution in [3.8, 4) is 0 Å². The highest BCUT2D eigenvalue weighted by atomic mass is 32.2. The Morgan fingerprint density at radius 2 is 2.06 bits per heavy atom. The van der Waals surface area contributed by atoms with Crippen LogP contribution in [-0.2, 0) is 37.9 Å². The normalized spacial score (nSPS) is 24.0. The molecule has 10 nitrogen and oxygen atoms in total. The first-order valence-corrected chi connectivity index (χ1v) is 16.1. The summed E-state index contributed by atoms with van der Waals surface area (Å²) in [6.07, 6.45) is 4.30. The summed E-state index contributed by atoms with van der Waals surface area (Å²) >= 11 is 2.60. The molecule has 0 spiro atoms. The number of amides is 1. The van der Waals surface area contributed by atoms with E-state index in [0.717, 1.165) is 42.4 Å². The lowest BCUT2D eigenvalue weighted by atomic mass is 9.78. The highest BCUT2D eigenvalue weighted by Gasteiger charge is 2.46. The van der Waals surface area contributed by atoms with E-state index < -0.39 is 26.0 Å². The van der Waals surface area contributed by atoms with Crippen molar-refractivity contribution in [1.29, 1.82) is 0 Å². The van der Waals surface area contributed by atoms with E-state index in [1.807, 2.05) is 16.8 Å². The molecular formula is C21H24N4O6S4. The van der Waals surface area contributed by atoms with Crippen molar-refractivity contribution < 1.29 is 26.7 Å². The van der Waals surface area contributed by atoms with Gasteiger partial charge in [-0.25, -0.2) is 13.1 Å². The van der Waals surface area contributed by atoms with Crippen molar-refractivity contribution in [1.82, 2.24) is 9.62 Å². The van der Waals surface area contributed by atoms with Gasteiger partial charge in [-0.1, -0.05) is 12.8 Å². The van der Waals surface area contributed by atoms with Crippen LogP contribution < -0.4 is 10.0 Å². The molecule has 2 aromatic rings. The van der Waals surface area contributed by atoms with Crippen LogP contribution in [0.4, 0.5) is 5.00 Å². The molecule has 188 valence electrons. The zero-order valence-corrected chi connectivity index (χ0v) is 22.0. The van der Waals surface area contributed by atoms with Crippen molar-refractivity contribution in [2.24, 2.45) is 10.3 Å². The Labute approximate surface area is 211 Å². The van der Waals surface area contributed by atoms with Gasteiger partial charge >= 0.3 is 0 Å². The number of hydrogen-bond acceptors (Lipinski definition) is 9. The van der Waals surface area contributed by atoms with E-state index in [9.17, 15) is 26.7 Å². The van der Waals surface area contributed by atoms with E-state index in [1.165, 1.54) is 16.7 Å². The minimum Gasteiger partial charge on any atom is -0.511 e. The summed E-state index contributed by atoms with van der Waals surface area (Å²) in [5, 5.41) is 19.8.